The Morgan fingerprint density at radius 2 is 2.21 bits per heavy atom. The largest absolute Gasteiger partial charge is 0.298 e. The Morgan fingerprint density at radius 3 is 2.71 bits per heavy atom. The van der Waals surface area contributed by atoms with Crippen LogP contribution < -0.4 is 0 Å². The van der Waals surface area contributed by atoms with Crippen molar-refractivity contribution in [2.75, 3.05) is 14.2 Å². The van der Waals surface area contributed by atoms with Gasteiger partial charge in [0.15, 0.2) is 10.8 Å². The van der Waals surface area contributed by atoms with Crippen LogP contribution in [-0.4, -0.2) is 35.1 Å². The van der Waals surface area contributed by atoms with E-state index in [2.05, 4.69) is 14.8 Å². The molecule has 0 fully saturated rings. The molecule has 1 amide bonds. The van der Waals surface area contributed by atoms with Gasteiger partial charge in [-0.2, -0.15) is 0 Å². The van der Waals surface area contributed by atoms with Crippen LogP contribution in [0.4, 0.5) is 0 Å². The fraction of sp³-hybridized carbons (Fsp3) is 0.286. The number of amides is 1. The van der Waals surface area contributed by atoms with Crippen LogP contribution in [0.25, 0.3) is 0 Å². The third kappa shape index (κ3) is 2.31. The van der Waals surface area contributed by atoms with Gasteiger partial charge in [-0.05, 0) is 0 Å². The maximum atomic E-state index is 11.5. The van der Waals surface area contributed by atoms with E-state index in [1.807, 2.05) is 0 Å². The topological polar surface area (TPSA) is 55.3 Å². The van der Waals surface area contributed by atoms with Gasteiger partial charge in [-0.1, -0.05) is 23.2 Å². The quantitative estimate of drug-likeness (QED) is 0.728. The Hall–Kier alpha value is -0.910. The second-order valence-corrected chi connectivity index (χ2v) is 3.06. The molecule has 0 aliphatic carbocycles. The highest BCUT2D eigenvalue weighted by Crippen LogP contribution is 2.14. The van der Waals surface area contributed by atoms with Gasteiger partial charge in [0.2, 0.25) is 0 Å². The van der Waals surface area contributed by atoms with E-state index in [1.165, 1.54) is 20.4 Å². The summed E-state index contributed by atoms with van der Waals surface area (Å²) < 4.78 is 0. The fourth-order valence-corrected chi connectivity index (χ4v) is 1.12. The van der Waals surface area contributed by atoms with Gasteiger partial charge in [0, 0.05) is 7.05 Å². The zero-order chi connectivity index (χ0) is 10.7. The van der Waals surface area contributed by atoms with E-state index in [9.17, 15) is 4.79 Å². The average Bonchev–Trinajstić information content (AvgIpc) is 2.15. The molecule has 0 spiro atoms. The summed E-state index contributed by atoms with van der Waals surface area (Å²) in [5.74, 6) is -0.485. The summed E-state index contributed by atoms with van der Waals surface area (Å²) in [5.41, 5.74) is 0.000386. The summed E-state index contributed by atoms with van der Waals surface area (Å²) in [5, 5.41) is 1.07. The number of halogens is 2. The molecule has 0 radical (unpaired) electrons. The first kappa shape index (κ1) is 11.2. The maximum Gasteiger partial charge on any atom is 0.298 e. The SMILES string of the molecule is CON(C)C(=O)c1ncc(Cl)nc1Cl. The Kier molecular flexibility index (Phi) is 3.62. The van der Waals surface area contributed by atoms with E-state index in [-0.39, 0.29) is 16.0 Å². The predicted octanol–water partition coefficient (Wildman–Crippen LogP) is 1.42. The molecular weight excluding hydrogens is 229 g/mol. The summed E-state index contributed by atoms with van der Waals surface area (Å²) in [4.78, 5) is 23.6. The van der Waals surface area contributed by atoms with Crippen LogP contribution in [0.15, 0.2) is 6.20 Å². The standard InChI is InChI=1S/C7H7Cl2N3O2/c1-12(14-2)7(13)5-6(9)11-4(8)3-10-5/h3H,1-2H3. The minimum Gasteiger partial charge on any atom is -0.274 e. The summed E-state index contributed by atoms with van der Waals surface area (Å²) in [7, 11) is 2.80. The predicted molar refractivity (Wildman–Crippen MR) is 51.2 cm³/mol. The molecule has 0 unspecified atom stereocenters. The van der Waals surface area contributed by atoms with E-state index >= 15 is 0 Å². The number of aromatic nitrogens is 2. The van der Waals surface area contributed by atoms with Crippen LogP contribution in [-0.2, 0) is 4.84 Å². The van der Waals surface area contributed by atoms with Crippen molar-refractivity contribution in [1.82, 2.24) is 15.0 Å². The van der Waals surface area contributed by atoms with Gasteiger partial charge < -0.3 is 0 Å². The second kappa shape index (κ2) is 4.54. The molecule has 1 aromatic rings. The smallest absolute Gasteiger partial charge is 0.274 e. The Balaban J connectivity index is 3.02. The lowest BCUT2D eigenvalue weighted by molar-refractivity contribution is -0.0760. The first-order valence-corrected chi connectivity index (χ1v) is 4.32. The van der Waals surface area contributed by atoms with Crippen molar-refractivity contribution in [3.05, 3.63) is 22.2 Å². The van der Waals surface area contributed by atoms with Crippen LogP contribution in [0.1, 0.15) is 10.5 Å². The van der Waals surface area contributed by atoms with Gasteiger partial charge in [0.25, 0.3) is 5.91 Å². The van der Waals surface area contributed by atoms with Gasteiger partial charge in [0.05, 0.1) is 13.3 Å². The average molecular weight is 236 g/mol. The van der Waals surface area contributed by atoms with Crippen LogP contribution in [0.5, 0.6) is 0 Å². The van der Waals surface area contributed by atoms with Crippen LogP contribution in [0, 0.1) is 0 Å². The maximum absolute atomic E-state index is 11.5. The van der Waals surface area contributed by atoms with Crippen LogP contribution >= 0.6 is 23.2 Å². The Morgan fingerprint density at radius 1 is 1.57 bits per heavy atom. The lowest BCUT2D eigenvalue weighted by Gasteiger charge is -2.12. The summed E-state index contributed by atoms with van der Waals surface area (Å²) in [6.07, 6.45) is 1.24. The molecule has 1 rings (SSSR count). The molecule has 0 aliphatic heterocycles. The minimum atomic E-state index is -0.485. The molecule has 0 atom stereocenters. The van der Waals surface area contributed by atoms with E-state index in [0.29, 0.717) is 0 Å². The van der Waals surface area contributed by atoms with Crippen molar-refractivity contribution in [2.24, 2.45) is 0 Å². The second-order valence-electron chi connectivity index (χ2n) is 2.32. The monoisotopic (exact) mass is 235 g/mol. The molecule has 1 heterocycles. The molecule has 7 heteroatoms. The highest BCUT2D eigenvalue weighted by atomic mass is 35.5. The number of hydrogen-bond donors (Lipinski definition) is 0. The third-order valence-electron chi connectivity index (χ3n) is 1.46. The lowest BCUT2D eigenvalue weighted by atomic mass is 10.4. The molecule has 1 aromatic heterocycles. The highest BCUT2D eigenvalue weighted by Gasteiger charge is 2.17. The van der Waals surface area contributed by atoms with Crippen molar-refractivity contribution in [1.29, 1.82) is 0 Å². The molecule has 5 nitrogen and oxygen atoms in total. The fourth-order valence-electron chi connectivity index (χ4n) is 0.722. The summed E-state index contributed by atoms with van der Waals surface area (Å²) >= 11 is 11.2. The minimum absolute atomic E-state index is 0.000386. The van der Waals surface area contributed by atoms with E-state index < -0.39 is 5.91 Å². The van der Waals surface area contributed by atoms with Gasteiger partial charge in [-0.25, -0.2) is 15.0 Å². The van der Waals surface area contributed by atoms with Crippen LogP contribution in [0.2, 0.25) is 10.3 Å². The molecular formula is C7H7Cl2N3O2. The molecule has 0 aromatic carbocycles. The molecule has 0 saturated carbocycles. The van der Waals surface area contributed by atoms with E-state index in [4.69, 9.17) is 23.2 Å². The lowest BCUT2D eigenvalue weighted by Crippen LogP contribution is -2.26. The Labute approximate surface area is 90.6 Å². The number of rotatable bonds is 2. The van der Waals surface area contributed by atoms with Crippen molar-refractivity contribution in [3.63, 3.8) is 0 Å². The molecule has 76 valence electrons. The van der Waals surface area contributed by atoms with Gasteiger partial charge >= 0.3 is 0 Å². The Bertz CT molecular complexity index is 359. The first-order valence-electron chi connectivity index (χ1n) is 3.56. The van der Waals surface area contributed by atoms with Gasteiger partial charge in [-0.3, -0.25) is 9.63 Å². The normalized spacial score (nSPS) is 10.0. The van der Waals surface area contributed by atoms with Gasteiger partial charge in [0.1, 0.15) is 5.15 Å². The van der Waals surface area contributed by atoms with Crippen molar-refractivity contribution in [3.8, 4) is 0 Å². The summed E-state index contributed by atoms with van der Waals surface area (Å²) in [6.45, 7) is 0. The number of hydrogen-bond acceptors (Lipinski definition) is 4. The number of carbonyl (C=O) groups is 1. The van der Waals surface area contributed by atoms with E-state index in [0.717, 1.165) is 5.06 Å². The zero-order valence-corrected chi connectivity index (χ0v) is 9.00. The molecule has 0 aliphatic rings. The third-order valence-corrected chi connectivity index (χ3v) is 1.91. The van der Waals surface area contributed by atoms with Crippen LogP contribution in [0.3, 0.4) is 0 Å². The number of nitrogens with zero attached hydrogens (tertiary/aromatic N) is 3. The number of hydroxylamine groups is 2. The molecule has 0 saturated heterocycles. The zero-order valence-electron chi connectivity index (χ0n) is 7.49. The number of carbonyl (C=O) groups excluding carboxylic acids is 1. The molecule has 14 heavy (non-hydrogen) atoms. The van der Waals surface area contributed by atoms with Crippen molar-refractivity contribution < 1.29 is 9.63 Å². The molecule has 0 N–H and O–H groups in total. The van der Waals surface area contributed by atoms with E-state index in [1.54, 1.807) is 0 Å². The van der Waals surface area contributed by atoms with Crippen molar-refractivity contribution >= 4 is 29.1 Å². The van der Waals surface area contributed by atoms with Crippen molar-refractivity contribution in [2.45, 2.75) is 0 Å². The molecule has 0 bridgehead atoms. The van der Waals surface area contributed by atoms with Gasteiger partial charge in [-0.15, -0.1) is 0 Å². The first-order chi connectivity index (χ1) is 6.56. The summed E-state index contributed by atoms with van der Waals surface area (Å²) in [6, 6.07) is 0. The highest BCUT2D eigenvalue weighted by molar-refractivity contribution is 6.34.